The summed E-state index contributed by atoms with van der Waals surface area (Å²) in [4.78, 5) is 12.6. The smallest absolute Gasteiger partial charge is 0.293 e. The van der Waals surface area contributed by atoms with Gasteiger partial charge in [-0.2, -0.15) is 0 Å². The van der Waals surface area contributed by atoms with Gasteiger partial charge in [0.05, 0.1) is 11.5 Å². The van der Waals surface area contributed by atoms with Crippen molar-refractivity contribution in [3.63, 3.8) is 0 Å². The highest BCUT2D eigenvalue weighted by Gasteiger charge is 2.18. The molecule has 1 rings (SSSR count). The molecule has 0 aliphatic carbocycles. The van der Waals surface area contributed by atoms with Crippen LogP contribution in [0.25, 0.3) is 0 Å². The van der Waals surface area contributed by atoms with Crippen LogP contribution < -0.4 is 11.3 Å². The molecule has 0 aliphatic heterocycles. The molecule has 0 fully saturated rings. The van der Waals surface area contributed by atoms with Gasteiger partial charge in [0.25, 0.3) is 5.69 Å². The number of nitro groups is 1. The van der Waals surface area contributed by atoms with Crippen LogP contribution in [-0.2, 0) is 6.54 Å². The summed E-state index contributed by atoms with van der Waals surface area (Å²) in [5.41, 5.74) is 3.47. The molecular weight excluding hydrogens is 260 g/mol. The first-order chi connectivity index (χ1) is 9.63. The molecule has 0 saturated heterocycles. The highest BCUT2D eigenvalue weighted by molar-refractivity contribution is 5.65. The van der Waals surface area contributed by atoms with Crippen LogP contribution in [0.15, 0.2) is 18.2 Å². The predicted octanol–water partition coefficient (Wildman–Crippen LogP) is 1.47. The Hall–Kier alpha value is -1.70. The van der Waals surface area contributed by atoms with Crippen LogP contribution in [0, 0.1) is 10.1 Å². The number of hydrazine groups is 1. The number of aliphatic hydroxyl groups is 1. The Balaban J connectivity index is 2.93. The van der Waals surface area contributed by atoms with Gasteiger partial charge in [0.15, 0.2) is 0 Å². The molecule has 0 aliphatic rings. The van der Waals surface area contributed by atoms with E-state index in [1.54, 1.807) is 12.1 Å². The standard InChI is InChI=1S/C13H22N4O3/c1-2-3-7-16(8-9-18)10-11-5-4-6-12(17(19)20)13(11)15-14/h4-6,15,18H,2-3,7-10,14H2,1H3. The maximum absolute atomic E-state index is 11.0. The fourth-order valence-corrected chi connectivity index (χ4v) is 2.07. The van der Waals surface area contributed by atoms with E-state index in [-0.39, 0.29) is 12.3 Å². The third-order valence-electron chi connectivity index (χ3n) is 3.11. The van der Waals surface area contributed by atoms with Gasteiger partial charge in [-0.3, -0.25) is 20.9 Å². The van der Waals surface area contributed by atoms with E-state index in [0.29, 0.717) is 18.8 Å². The van der Waals surface area contributed by atoms with Gasteiger partial charge in [0.2, 0.25) is 0 Å². The zero-order valence-electron chi connectivity index (χ0n) is 11.7. The van der Waals surface area contributed by atoms with Crippen molar-refractivity contribution in [2.45, 2.75) is 26.3 Å². The second-order valence-electron chi connectivity index (χ2n) is 4.57. The number of benzene rings is 1. The van der Waals surface area contributed by atoms with E-state index in [4.69, 9.17) is 10.9 Å². The van der Waals surface area contributed by atoms with E-state index in [2.05, 4.69) is 17.2 Å². The fourth-order valence-electron chi connectivity index (χ4n) is 2.07. The molecule has 0 atom stereocenters. The molecule has 0 unspecified atom stereocenters. The highest BCUT2D eigenvalue weighted by Crippen LogP contribution is 2.28. The van der Waals surface area contributed by atoms with Crippen molar-refractivity contribution >= 4 is 11.4 Å². The lowest BCUT2D eigenvalue weighted by molar-refractivity contribution is -0.384. The number of nitrogens with zero attached hydrogens (tertiary/aromatic N) is 2. The SMILES string of the molecule is CCCCN(CCO)Cc1cccc([N+](=O)[O-])c1NN. The van der Waals surface area contributed by atoms with E-state index in [1.165, 1.54) is 6.07 Å². The molecule has 0 saturated carbocycles. The van der Waals surface area contributed by atoms with E-state index < -0.39 is 4.92 Å². The lowest BCUT2D eigenvalue weighted by Crippen LogP contribution is -2.28. The molecule has 0 heterocycles. The zero-order chi connectivity index (χ0) is 15.0. The minimum absolute atomic E-state index is 0.0376. The van der Waals surface area contributed by atoms with Crippen LogP contribution in [0.1, 0.15) is 25.3 Å². The summed E-state index contributed by atoms with van der Waals surface area (Å²) in [6, 6.07) is 4.87. The number of nitrogen functional groups attached to an aromatic ring is 1. The van der Waals surface area contributed by atoms with Gasteiger partial charge in [-0.1, -0.05) is 25.5 Å². The Morgan fingerprint density at radius 1 is 1.45 bits per heavy atom. The first kappa shape index (κ1) is 16.4. The van der Waals surface area contributed by atoms with Crippen molar-refractivity contribution in [3.05, 3.63) is 33.9 Å². The van der Waals surface area contributed by atoms with Crippen LogP contribution in [0.2, 0.25) is 0 Å². The number of unbranched alkanes of at least 4 members (excludes halogenated alkanes) is 1. The van der Waals surface area contributed by atoms with Crippen molar-refractivity contribution < 1.29 is 10.0 Å². The Morgan fingerprint density at radius 3 is 2.75 bits per heavy atom. The summed E-state index contributed by atoms with van der Waals surface area (Å²) in [6.45, 7) is 4.04. The Labute approximate surface area is 118 Å². The van der Waals surface area contributed by atoms with Crippen LogP contribution >= 0.6 is 0 Å². The molecule has 0 radical (unpaired) electrons. The quantitative estimate of drug-likeness (QED) is 0.360. The lowest BCUT2D eigenvalue weighted by Gasteiger charge is -2.22. The van der Waals surface area contributed by atoms with Crippen LogP contribution in [0.4, 0.5) is 11.4 Å². The number of hydrogen-bond acceptors (Lipinski definition) is 6. The summed E-state index contributed by atoms with van der Waals surface area (Å²) in [7, 11) is 0. The average Bonchev–Trinajstić information content (AvgIpc) is 2.44. The van der Waals surface area contributed by atoms with E-state index in [0.717, 1.165) is 24.9 Å². The summed E-state index contributed by atoms with van der Waals surface area (Å²) in [5.74, 6) is 5.42. The second kappa shape index (κ2) is 8.47. The normalized spacial score (nSPS) is 10.8. The first-order valence-corrected chi connectivity index (χ1v) is 6.70. The summed E-state index contributed by atoms with van der Waals surface area (Å²) < 4.78 is 0. The van der Waals surface area contributed by atoms with Gasteiger partial charge >= 0.3 is 0 Å². The van der Waals surface area contributed by atoms with Crippen LogP contribution in [0.3, 0.4) is 0 Å². The number of aliphatic hydroxyl groups excluding tert-OH is 1. The van der Waals surface area contributed by atoms with E-state index in [1.807, 2.05) is 0 Å². The Kier molecular flexibility index (Phi) is 6.92. The molecular formula is C13H22N4O3. The third kappa shape index (κ3) is 4.44. The van der Waals surface area contributed by atoms with Gasteiger partial charge in [0, 0.05) is 19.2 Å². The molecule has 7 nitrogen and oxygen atoms in total. The third-order valence-corrected chi connectivity index (χ3v) is 3.11. The van der Waals surface area contributed by atoms with Gasteiger partial charge < -0.3 is 10.5 Å². The van der Waals surface area contributed by atoms with Crippen molar-refractivity contribution in [1.82, 2.24) is 4.90 Å². The molecule has 1 aromatic carbocycles. The zero-order valence-corrected chi connectivity index (χ0v) is 11.7. The average molecular weight is 282 g/mol. The molecule has 112 valence electrons. The first-order valence-electron chi connectivity index (χ1n) is 6.70. The molecule has 4 N–H and O–H groups in total. The Bertz CT molecular complexity index is 440. The summed E-state index contributed by atoms with van der Waals surface area (Å²) in [6.07, 6.45) is 2.07. The van der Waals surface area contributed by atoms with Crippen molar-refractivity contribution in [3.8, 4) is 0 Å². The molecule has 0 bridgehead atoms. The number of nitrogens with one attached hydrogen (secondary N) is 1. The van der Waals surface area contributed by atoms with Crippen molar-refractivity contribution in [1.29, 1.82) is 0 Å². The van der Waals surface area contributed by atoms with Crippen LogP contribution in [-0.4, -0.2) is 34.6 Å². The number of anilines is 1. The van der Waals surface area contributed by atoms with Crippen molar-refractivity contribution in [2.24, 2.45) is 5.84 Å². The number of hydrogen-bond donors (Lipinski definition) is 3. The van der Waals surface area contributed by atoms with E-state index in [9.17, 15) is 10.1 Å². The fraction of sp³-hybridized carbons (Fsp3) is 0.538. The maximum Gasteiger partial charge on any atom is 0.293 e. The topological polar surface area (TPSA) is 105 Å². The summed E-state index contributed by atoms with van der Waals surface area (Å²) in [5, 5.41) is 20.1. The lowest BCUT2D eigenvalue weighted by atomic mass is 10.1. The summed E-state index contributed by atoms with van der Waals surface area (Å²) >= 11 is 0. The maximum atomic E-state index is 11.0. The largest absolute Gasteiger partial charge is 0.395 e. The van der Waals surface area contributed by atoms with Gasteiger partial charge in [-0.25, -0.2) is 0 Å². The second-order valence-corrected chi connectivity index (χ2v) is 4.57. The molecule has 0 amide bonds. The Morgan fingerprint density at radius 2 is 2.20 bits per heavy atom. The molecule has 7 heteroatoms. The van der Waals surface area contributed by atoms with Crippen molar-refractivity contribution in [2.75, 3.05) is 25.1 Å². The number of nitrogens with two attached hydrogens (primary N) is 1. The molecule has 0 aromatic heterocycles. The minimum atomic E-state index is -0.457. The number of nitro benzene ring substituents is 1. The van der Waals surface area contributed by atoms with Gasteiger partial charge in [0.1, 0.15) is 5.69 Å². The number of para-hydroxylation sites is 1. The van der Waals surface area contributed by atoms with Crippen LogP contribution in [0.5, 0.6) is 0 Å². The monoisotopic (exact) mass is 282 g/mol. The number of rotatable bonds is 9. The molecule has 0 spiro atoms. The minimum Gasteiger partial charge on any atom is -0.395 e. The molecule has 1 aromatic rings. The highest BCUT2D eigenvalue weighted by atomic mass is 16.6. The van der Waals surface area contributed by atoms with Gasteiger partial charge in [-0.05, 0) is 18.5 Å². The van der Waals surface area contributed by atoms with Gasteiger partial charge in [-0.15, -0.1) is 0 Å². The van der Waals surface area contributed by atoms with E-state index >= 15 is 0 Å². The predicted molar refractivity (Wildman–Crippen MR) is 78.2 cm³/mol. The molecule has 20 heavy (non-hydrogen) atoms.